The fourth-order valence-electron chi connectivity index (χ4n) is 1.77. The lowest BCUT2D eigenvalue weighted by molar-refractivity contribution is 0.0686. The van der Waals surface area contributed by atoms with Crippen LogP contribution >= 0.6 is 0 Å². The van der Waals surface area contributed by atoms with E-state index in [-0.39, 0.29) is 11.1 Å². The molecular formula is C13H10O4. The smallest absolute Gasteiger partial charge is 0.335 e. The highest BCUT2D eigenvalue weighted by atomic mass is 16.4. The summed E-state index contributed by atoms with van der Waals surface area (Å²) in [5, 5.41) is 19.3. The van der Waals surface area contributed by atoms with Gasteiger partial charge in [-0.1, -0.05) is 12.1 Å². The van der Waals surface area contributed by atoms with Crippen molar-refractivity contribution < 1.29 is 19.8 Å². The average Bonchev–Trinajstić information content (AvgIpc) is 2.27. The summed E-state index contributed by atoms with van der Waals surface area (Å²) in [4.78, 5) is 21.8. The highest BCUT2D eigenvalue weighted by Gasteiger charge is 2.10. The van der Waals surface area contributed by atoms with Gasteiger partial charge in [0.2, 0.25) is 0 Å². The molecule has 0 bridgehead atoms. The van der Waals surface area contributed by atoms with Gasteiger partial charge in [-0.05, 0) is 41.5 Å². The lowest BCUT2D eigenvalue weighted by Gasteiger charge is -2.05. The Hall–Kier alpha value is -2.36. The van der Waals surface area contributed by atoms with Gasteiger partial charge >= 0.3 is 11.9 Å². The maximum atomic E-state index is 11.0. The van der Waals surface area contributed by atoms with E-state index in [9.17, 15) is 9.59 Å². The minimum absolute atomic E-state index is 0.151. The zero-order chi connectivity index (χ0) is 12.6. The van der Waals surface area contributed by atoms with Gasteiger partial charge in [0.1, 0.15) is 0 Å². The van der Waals surface area contributed by atoms with E-state index < -0.39 is 11.9 Å². The molecule has 0 radical (unpaired) electrons. The highest BCUT2D eigenvalue weighted by Crippen LogP contribution is 2.21. The molecule has 0 aliphatic carbocycles. The fourth-order valence-corrected chi connectivity index (χ4v) is 1.77. The molecule has 0 aromatic heterocycles. The first kappa shape index (κ1) is 11.1. The molecule has 0 fully saturated rings. The van der Waals surface area contributed by atoms with Crippen LogP contribution in [0.3, 0.4) is 0 Å². The summed E-state index contributed by atoms with van der Waals surface area (Å²) < 4.78 is 0. The van der Waals surface area contributed by atoms with Crippen LogP contribution in [0.5, 0.6) is 0 Å². The first-order chi connectivity index (χ1) is 7.99. The summed E-state index contributed by atoms with van der Waals surface area (Å²) in [6.07, 6.45) is 0. The summed E-state index contributed by atoms with van der Waals surface area (Å²) in [6.45, 7) is 1.72. The van der Waals surface area contributed by atoms with Gasteiger partial charge in [0.05, 0.1) is 11.1 Å². The van der Waals surface area contributed by atoms with Gasteiger partial charge in [-0.25, -0.2) is 9.59 Å². The molecule has 0 amide bonds. The third-order valence-corrected chi connectivity index (χ3v) is 2.66. The number of rotatable bonds is 2. The molecule has 2 aromatic carbocycles. The van der Waals surface area contributed by atoms with Crippen molar-refractivity contribution in [1.29, 1.82) is 0 Å². The van der Waals surface area contributed by atoms with Gasteiger partial charge in [0, 0.05) is 0 Å². The monoisotopic (exact) mass is 230 g/mol. The van der Waals surface area contributed by atoms with E-state index >= 15 is 0 Å². The Bertz CT molecular complexity index is 629. The second-order valence-electron chi connectivity index (χ2n) is 3.84. The largest absolute Gasteiger partial charge is 0.478 e. The first-order valence-electron chi connectivity index (χ1n) is 5.00. The van der Waals surface area contributed by atoms with E-state index in [2.05, 4.69) is 0 Å². The Kier molecular flexibility index (Phi) is 2.55. The highest BCUT2D eigenvalue weighted by molar-refractivity contribution is 5.99. The van der Waals surface area contributed by atoms with E-state index in [1.165, 1.54) is 18.2 Å². The number of aromatic carboxylic acids is 2. The molecule has 0 aliphatic rings. The molecule has 0 spiro atoms. The van der Waals surface area contributed by atoms with Crippen LogP contribution in [0.1, 0.15) is 26.3 Å². The molecule has 0 saturated carbocycles. The predicted octanol–water partition coefficient (Wildman–Crippen LogP) is 2.54. The Morgan fingerprint density at radius 3 is 2.24 bits per heavy atom. The summed E-state index contributed by atoms with van der Waals surface area (Å²) >= 11 is 0. The number of hydrogen-bond donors (Lipinski definition) is 2. The van der Waals surface area contributed by atoms with Crippen molar-refractivity contribution >= 4 is 22.7 Å². The van der Waals surface area contributed by atoms with Crippen LogP contribution in [0, 0.1) is 6.92 Å². The van der Waals surface area contributed by atoms with E-state index in [0.717, 1.165) is 5.39 Å². The minimum Gasteiger partial charge on any atom is -0.478 e. The SMILES string of the molecule is Cc1cc2ccc(C(=O)O)cc2cc1C(=O)O. The van der Waals surface area contributed by atoms with Crippen molar-refractivity contribution in [3.05, 3.63) is 47.0 Å². The fraction of sp³-hybridized carbons (Fsp3) is 0.0769. The second kappa shape index (κ2) is 3.90. The van der Waals surface area contributed by atoms with E-state index in [1.807, 2.05) is 0 Å². The normalized spacial score (nSPS) is 10.4. The molecule has 0 aliphatic heterocycles. The number of carbonyl (C=O) groups is 2. The third-order valence-electron chi connectivity index (χ3n) is 2.66. The molecule has 2 rings (SSSR count). The number of carboxylic acids is 2. The summed E-state index contributed by atoms with van der Waals surface area (Å²) in [5.74, 6) is -2.03. The number of aryl methyl sites for hydroxylation is 1. The molecule has 2 aromatic rings. The molecule has 17 heavy (non-hydrogen) atoms. The van der Waals surface area contributed by atoms with Crippen LogP contribution in [-0.2, 0) is 0 Å². The third kappa shape index (κ3) is 1.97. The quantitative estimate of drug-likeness (QED) is 0.831. The number of carboxylic acid groups (broad SMARTS) is 2. The molecule has 0 heterocycles. The molecule has 86 valence electrons. The van der Waals surface area contributed by atoms with Crippen molar-refractivity contribution in [3.63, 3.8) is 0 Å². The molecule has 4 nitrogen and oxygen atoms in total. The van der Waals surface area contributed by atoms with Crippen molar-refractivity contribution in [2.24, 2.45) is 0 Å². The maximum absolute atomic E-state index is 11.0. The Balaban J connectivity index is 2.72. The van der Waals surface area contributed by atoms with Crippen LogP contribution in [0.4, 0.5) is 0 Å². The van der Waals surface area contributed by atoms with Crippen molar-refractivity contribution in [2.45, 2.75) is 6.92 Å². The summed E-state index contributed by atoms with van der Waals surface area (Å²) in [7, 11) is 0. The van der Waals surface area contributed by atoms with Crippen LogP contribution in [0.15, 0.2) is 30.3 Å². The second-order valence-corrected chi connectivity index (χ2v) is 3.84. The molecular weight excluding hydrogens is 220 g/mol. The average molecular weight is 230 g/mol. The Morgan fingerprint density at radius 1 is 0.941 bits per heavy atom. The van der Waals surface area contributed by atoms with Crippen LogP contribution in [-0.4, -0.2) is 22.2 Å². The van der Waals surface area contributed by atoms with Gasteiger partial charge in [0.15, 0.2) is 0 Å². The zero-order valence-electron chi connectivity index (χ0n) is 9.10. The van der Waals surface area contributed by atoms with Crippen LogP contribution in [0.2, 0.25) is 0 Å². The van der Waals surface area contributed by atoms with Gasteiger partial charge in [-0.15, -0.1) is 0 Å². The van der Waals surface area contributed by atoms with E-state index in [4.69, 9.17) is 10.2 Å². The van der Waals surface area contributed by atoms with Gasteiger partial charge < -0.3 is 10.2 Å². The number of benzene rings is 2. The van der Waals surface area contributed by atoms with Crippen LogP contribution in [0.25, 0.3) is 10.8 Å². The van der Waals surface area contributed by atoms with Gasteiger partial charge in [-0.3, -0.25) is 0 Å². The van der Waals surface area contributed by atoms with Gasteiger partial charge in [-0.2, -0.15) is 0 Å². The number of fused-ring (bicyclic) bond motifs is 1. The van der Waals surface area contributed by atoms with E-state index in [1.54, 1.807) is 19.1 Å². The topological polar surface area (TPSA) is 74.6 Å². The standard InChI is InChI=1S/C13H10O4/c1-7-4-8-2-3-9(12(14)15)5-10(8)6-11(7)13(16)17/h2-6H,1H3,(H,14,15)(H,16,17). The Labute approximate surface area is 97.1 Å². The summed E-state index contributed by atoms with van der Waals surface area (Å²) in [5.41, 5.74) is 1.01. The molecule has 4 heteroatoms. The lowest BCUT2D eigenvalue weighted by atomic mass is 10.0. The van der Waals surface area contributed by atoms with Crippen molar-refractivity contribution in [1.82, 2.24) is 0 Å². The minimum atomic E-state index is -1.02. The Morgan fingerprint density at radius 2 is 1.65 bits per heavy atom. The lowest BCUT2D eigenvalue weighted by Crippen LogP contribution is -2.00. The van der Waals surface area contributed by atoms with Crippen molar-refractivity contribution in [2.75, 3.05) is 0 Å². The molecule has 0 unspecified atom stereocenters. The number of hydrogen-bond acceptors (Lipinski definition) is 2. The molecule has 0 saturated heterocycles. The predicted molar refractivity (Wildman–Crippen MR) is 62.6 cm³/mol. The summed E-state index contributed by atoms with van der Waals surface area (Å²) in [6, 6.07) is 7.90. The molecule has 2 N–H and O–H groups in total. The first-order valence-corrected chi connectivity index (χ1v) is 5.00. The zero-order valence-corrected chi connectivity index (χ0v) is 9.10. The van der Waals surface area contributed by atoms with E-state index in [0.29, 0.717) is 10.9 Å². The molecule has 0 atom stereocenters. The van der Waals surface area contributed by atoms with Crippen molar-refractivity contribution in [3.8, 4) is 0 Å². The maximum Gasteiger partial charge on any atom is 0.335 e. The van der Waals surface area contributed by atoms with Crippen LogP contribution < -0.4 is 0 Å². The van der Waals surface area contributed by atoms with Gasteiger partial charge in [0.25, 0.3) is 0 Å².